The minimum atomic E-state index is 0.123. The van der Waals surface area contributed by atoms with Gasteiger partial charge in [-0.05, 0) is 11.6 Å². The first kappa shape index (κ1) is 5.24. The maximum atomic E-state index is 5.30. The summed E-state index contributed by atoms with van der Waals surface area (Å²) in [6, 6.07) is 0. The van der Waals surface area contributed by atoms with Gasteiger partial charge >= 0.3 is 0 Å². The van der Waals surface area contributed by atoms with Gasteiger partial charge in [0.25, 0.3) is 0 Å². The summed E-state index contributed by atoms with van der Waals surface area (Å²) in [4.78, 5) is 10.5. The fraction of sp³-hybridized carbons (Fsp3) is 0. The maximum Gasteiger partial charge on any atom is 0.227 e. The molecule has 2 N–H and O–H groups in total. The van der Waals surface area contributed by atoms with Gasteiger partial charge in [0, 0.05) is 0 Å². The van der Waals surface area contributed by atoms with Gasteiger partial charge in [-0.25, -0.2) is 9.97 Å². The van der Waals surface area contributed by atoms with Crippen LogP contribution in [0, 0.1) is 0 Å². The summed E-state index contributed by atoms with van der Waals surface area (Å²) in [6.07, 6.45) is 1.25. The maximum absolute atomic E-state index is 5.30. The molecule has 1 rings (SSSR count). The zero-order valence-corrected chi connectivity index (χ0v) is 4.63. The van der Waals surface area contributed by atoms with Crippen molar-refractivity contribution in [2.24, 2.45) is 0 Å². The first-order valence-electron chi connectivity index (χ1n) is 1.89. The highest BCUT2D eigenvalue weighted by Gasteiger charge is 1.87. The highest BCUT2D eigenvalue weighted by molar-refractivity contribution is 6.28. The molecule has 1 heterocycles. The highest BCUT2D eigenvalue weighted by Crippen LogP contribution is 1.96. The molecule has 0 aliphatic heterocycles. The summed E-state index contributed by atoms with van der Waals surface area (Å²) >= 11 is 5.30. The predicted molar refractivity (Wildman–Crippen MR) is 29.2 cm³/mol. The quantitative estimate of drug-likeness (QED) is 0.541. The molecular weight excluding hydrogens is 128 g/mol. The Balaban J connectivity index is 3.08. The van der Waals surface area contributed by atoms with Gasteiger partial charge in [0.2, 0.25) is 11.2 Å². The van der Waals surface area contributed by atoms with Gasteiger partial charge in [-0.15, -0.1) is 0 Å². The van der Waals surface area contributed by atoms with Crippen LogP contribution in [-0.2, 0) is 0 Å². The number of halogens is 1. The van der Waals surface area contributed by atoms with E-state index in [-0.39, 0.29) is 11.2 Å². The van der Waals surface area contributed by atoms with Gasteiger partial charge in [0.1, 0.15) is 6.33 Å². The molecule has 0 aromatic carbocycles. The minimum Gasteiger partial charge on any atom is -0.368 e. The van der Waals surface area contributed by atoms with Gasteiger partial charge in [-0.2, -0.15) is 4.98 Å². The summed E-state index contributed by atoms with van der Waals surface area (Å²) in [7, 11) is 0. The number of nitrogens with two attached hydrogens (primary N) is 1. The number of aromatic nitrogens is 3. The summed E-state index contributed by atoms with van der Waals surface area (Å²) in [6.45, 7) is 0. The number of hydrogen-bond donors (Lipinski definition) is 1. The van der Waals surface area contributed by atoms with Crippen LogP contribution in [0.2, 0.25) is 5.28 Å². The lowest BCUT2D eigenvalue weighted by molar-refractivity contribution is 1.06. The van der Waals surface area contributed by atoms with Crippen LogP contribution in [0.1, 0.15) is 0 Å². The highest BCUT2D eigenvalue weighted by atomic mass is 35.5. The SMILES string of the molecule is Nc1ncnc(Cl)n1. The number of nitrogens with zero attached hydrogens (tertiary/aromatic N) is 3. The average molecular weight is 131 g/mol. The molecule has 1 aromatic rings. The Labute approximate surface area is 50.7 Å². The van der Waals surface area contributed by atoms with E-state index >= 15 is 0 Å². The molecule has 0 aliphatic rings. The molecular formula is C3H3ClN4. The van der Waals surface area contributed by atoms with Crippen LogP contribution in [-0.4, -0.2) is 15.0 Å². The van der Waals surface area contributed by atoms with Crippen molar-refractivity contribution >= 4 is 17.5 Å². The standard InChI is InChI=1S/C3H3ClN4/c4-2-6-1-7-3(5)8-2/h1H,(H2,5,6,7,8). The zero-order chi connectivity index (χ0) is 5.98. The second-order valence-corrected chi connectivity index (χ2v) is 1.45. The molecule has 0 saturated carbocycles. The Morgan fingerprint density at radius 1 is 1.50 bits per heavy atom. The Hall–Kier alpha value is -0.900. The van der Waals surface area contributed by atoms with Gasteiger partial charge in [-0.3, -0.25) is 0 Å². The lowest BCUT2D eigenvalue weighted by Crippen LogP contribution is -1.94. The molecule has 8 heavy (non-hydrogen) atoms. The van der Waals surface area contributed by atoms with Crippen molar-refractivity contribution in [2.45, 2.75) is 0 Å². The minimum absolute atomic E-state index is 0.123. The molecule has 1 aromatic heterocycles. The normalized spacial score (nSPS) is 9.12. The van der Waals surface area contributed by atoms with Crippen LogP contribution in [0.3, 0.4) is 0 Å². The second kappa shape index (κ2) is 1.92. The molecule has 0 spiro atoms. The van der Waals surface area contributed by atoms with E-state index in [2.05, 4.69) is 15.0 Å². The van der Waals surface area contributed by atoms with Gasteiger partial charge in [0.05, 0.1) is 0 Å². The topological polar surface area (TPSA) is 64.7 Å². The van der Waals surface area contributed by atoms with Gasteiger partial charge < -0.3 is 5.73 Å². The van der Waals surface area contributed by atoms with Crippen molar-refractivity contribution in [3.8, 4) is 0 Å². The molecule has 4 nitrogen and oxygen atoms in total. The van der Waals surface area contributed by atoms with Crippen LogP contribution in [0.4, 0.5) is 5.95 Å². The molecule has 0 fully saturated rings. The van der Waals surface area contributed by atoms with Crippen molar-refractivity contribution in [1.29, 1.82) is 0 Å². The molecule has 0 saturated heterocycles. The average Bonchev–Trinajstić information content (AvgIpc) is 1.64. The Bertz CT molecular complexity index is 171. The smallest absolute Gasteiger partial charge is 0.227 e. The van der Waals surface area contributed by atoms with Crippen LogP contribution in [0.15, 0.2) is 6.33 Å². The molecule has 0 bridgehead atoms. The fourth-order valence-electron chi connectivity index (χ4n) is 0.288. The third kappa shape index (κ3) is 1.04. The first-order valence-corrected chi connectivity index (χ1v) is 2.27. The third-order valence-electron chi connectivity index (χ3n) is 0.561. The van der Waals surface area contributed by atoms with Crippen molar-refractivity contribution in [2.75, 3.05) is 5.73 Å². The van der Waals surface area contributed by atoms with Crippen LogP contribution < -0.4 is 5.73 Å². The zero-order valence-electron chi connectivity index (χ0n) is 3.87. The summed E-state index contributed by atoms with van der Waals surface area (Å²) in [5.41, 5.74) is 5.11. The Morgan fingerprint density at radius 2 is 2.25 bits per heavy atom. The van der Waals surface area contributed by atoms with E-state index in [0.29, 0.717) is 0 Å². The van der Waals surface area contributed by atoms with Crippen molar-refractivity contribution in [1.82, 2.24) is 15.0 Å². The van der Waals surface area contributed by atoms with E-state index in [1.807, 2.05) is 0 Å². The van der Waals surface area contributed by atoms with Crippen LogP contribution >= 0.6 is 11.6 Å². The van der Waals surface area contributed by atoms with E-state index in [0.717, 1.165) is 0 Å². The van der Waals surface area contributed by atoms with Gasteiger partial charge in [-0.1, -0.05) is 0 Å². The predicted octanol–water partition coefficient (Wildman–Crippen LogP) is 0.107. The lowest BCUT2D eigenvalue weighted by atomic mass is 11.0. The van der Waals surface area contributed by atoms with Crippen molar-refractivity contribution in [3.63, 3.8) is 0 Å². The second-order valence-electron chi connectivity index (χ2n) is 1.11. The van der Waals surface area contributed by atoms with Crippen LogP contribution in [0.25, 0.3) is 0 Å². The number of hydrogen-bond acceptors (Lipinski definition) is 4. The van der Waals surface area contributed by atoms with E-state index in [1.165, 1.54) is 6.33 Å². The number of anilines is 1. The molecule has 5 heteroatoms. The first-order chi connectivity index (χ1) is 3.79. The number of rotatable bonds is 0. The van der Waals surface area contributed by atoms with Crippen molar-refractivity contribution < 1.29 is 0 Å². The van der Waals surface area contributed by atoms with E-state index in [1.54, 1.807) is 0 Å². The largest absolute Gasteiger partial charge is 0.368 e. The van der Waals surface area contributed by atoms with E-state index < -0.39 is 0 Å². The molecule has 0 amide bonds. The Kier molecular flexibility index (Phi) is 1.26. The fourth-order valence-corrected chi connectivity index (χ4v) is 0.418. The Morgan fingerprint density at radius 3 is 2.62 bits per heavy atom. The monoisotopic (exact) mass is 130 g/mol. The van der Waals surface area contributed by atoms with E-state index in [4.69, 9.17) is 17.3 Å². The number of nitrogen functional groups attached to an aromatic ring is 1. The van der Waals surface area contributed by atoms with Gasteiger partial charge in [0.15, 0.2) is 0 Å². The summed E-state index contributed by atoms with van der Waals surface area (Å²) in [5, 5.41) is 0.123. The molecule has 0 unspecified atom stereocenters. The van der Waals surface area contributed by atoms with Crippen LogP contribution in [0.5, 0.6) is 0 Å². The summed E-state index contributed by atoms with van der Waals surface area (Å²) in [5.74, 6) is 0.144. The molecule has 0 radical (unpaired) electrons. The third-order valence-corrected chi connectivity index (χ3v) is 0.743. The van der Waals surface area contributed by atoms with Crippen molar-refractivity contribution in [3.05, 3.63) is 11.6 Å². The molecule has 42 valence electrons. The summed E-state index contributed by atoms with van der Waals surface area (Å²) < 4.78 is 0. The lowest BCUT2D eigenvalue weighted by Gasteiger charge is -1.86. The molecule has 0 aliphatic carbocycles. The van der Waals surface area contributed by atoms with E-state index in [9.17, 15) is 0 Å². The molecule has 0 atom stereocenters.